The van der Waals surface area contributed by atoms with Gasteiger partial charge < -0.3 is 5.11 Å². The van der Waals surface area contributed by atoms with Crippen LogP contribution in [0.3, 0.4) is 0 Å². The van der Waals surface area contributed by atoms with Crippen molar-refractivity contribution in [3.05, 3.63) is 0 Å². The molecule has 0 aliphatic heterocycles. The van der Waals surface area contributed by atoms with Gasteiger partial charge >= 0.3 is 5.97 Å². The summed E-state index contributed by atoms with van der Waals surface area (Å²) < 4.78 is -0.450. The molecule has 0 aromatic carbocycles. The Morgan fingerprint density at radius 2 is 1.78 bits per heavy atom. The average Bonchev–Trinajstić information content (AvgIpc) is 2.61. The molecule has 102 valence electrons. The second-order valence-corrected chi connectivity index (χ2v) is 7.36. The summed E-state index contributed by atoms with van der Waals surface area (Å²) in [5.74, 6) is -1.79. The van der Waals surface area contributed by atoms with Crippen molar-refractivity contribution < 1.29 is 19.5 Å². The maximum Gasteiger partial charge on any atom is 0.307 e. The van der Waals surface area contributed by atoms with E-state index in [0.717, 1.165) is 18.2 Å². The lowest BCUT2D eigenvalue weighted by Gasteiger charge is -2.24. The summed E-state index contributed by atoms with van der Waals surface area (Å²) in [6.07, 6.45) is 2.31. The number of carbonyl (C=O) groups is 3. The topological polar surface area (TPSA) is 71.4 Å². The van der Waals surface area contributed by atoms with Crippen molar-refractivity contribution in [2.75, 3.05) is 0 Å². The van der Waals surface area contributed by atoms with Gasteiger partial charge in [-0.15, -0.1) is 0 Å². The Hall–Kier alpha value is -0.840. The predicted octanol–water partition coefficient (Wildman–Crippen LogP) is 2.50. The zero-order valence-electron chi connectivity index (χ0n) is 11.1. The molecule has 1 N–H and O–H groups in total. The van der Waals surface area contributed by atoms with Crippen LogP contribution in [-0.4, -0.2) is 26.7 Å². The Morgan fingerprint density at radius 1 is 1.22 bits per heavy atom. The molecule has 5 heteroatoms. The molecular formula is C13H20O4S. The fourth-order valence-electron chi connectivity index (χ4n) is 2.62. The smallest absolute Gasteiger partial charge is 0.307 e. The molecular weight excluding hydrogens is 252 g/mol. The van der Waals surface area contributed by atoms with Crippen LogP contribution in [0.2, 0.25) is 0 Å². The molecule has 0 unspecified atom stereocenters. The van der Waals surface area contributed by atoms with E-state index in [9.17, 15) is 14.4 Å². The zero-order valence-corrected chi connectivity index (χ0v) is 11.9. The van der Waals surface area contributed by atoms with Gasteiger partial charge in [0.05, 0.1) is 5.92 Å². The third-order valence-corrected chi connectivity index (χ3v) is 4.25. The van der Waals surface area contributed by atoms with Crippen LogP contribution in [0.5, 0.6) is 0 Å². The van der Waals surface area contributed by atoms with Crippen LogP contribution in [-0.2, 0) is 14.4 Å². The Kier molecular flexibility index (Phi) is 4.96. The van der Waals surface area contributed by atoms with E-state index >= 15 is 0 Å². The Morgan fingerprint density at radius 3 is 2.28 bits per heavy atom. The van der Waals surface area contributed by atoms with E-state index in [4.69, 9.17) is 5.11 Å². The summed E-state index contributed by atoms with van der Waals surface area (Å²) in [5.41, 5.74) is 0. The number of carboxylic acid groups (broad SMARTS) is 1. The van der Waals surface area contributed by atoms with Gasteiger partial charge in [0.1, 0.15) is 5.78 Å². The summed E-state index contributed by atoms with van der Waals surface area (Å²) >= 11 is 1.15. The molecule has 0 aromatic rings. The number of carbonyl (C=O) groups excluding carboxylic acids is 2. The first kappa shape index (κ1) is 15.2. The Bertz CT molecular complexity index is 362. The van der Waals surface area contributed by atoms with E-state index in [-0.39, 0.29) is 23.2 Å². The van der Waals surface area contributed by atoms with Gasteiger partial charge in [-0.25, -0.2) is 0 Å². The van der Waals surface area contributed by atoms with Gasteiger partial charge in [0, 0.05) is 24.0 Å². The molecule has 1 aliphatic carbocycles. The van der Waals surface area contributed by atoms with Crippen LogP contribution in [0, 0.1) is 11.8 Å². The summed E-state index contributed by atoms with van der Waals surface area (Å²) in [5, 5.41) is 9.05. The van der Waals surface area contributed by atoms with E-state index in [2.05, 4.69) is 0 Å². The number of Topliss-reactive ketones (excluding diaryl/α,β-unsaturated/α-hetero) is 1. The van der Waals surface area contributed by atoms with Crippen LogP contribution >= 0.6 is 11.8 Å². The summed E-state index contributed by atoms with van der Waals surface area (Å²) in [7, 11) is 0. The second-order valence-electron chi connectivity index (χ2n) is 5.48. The van der Waals surface area contributed by atoms with Crippen LogP contribution < -0.4 is 0 Å². The Balaban J connectivity index is 2.65. The Labute approximate surface area is 112 Å². The van der Waals surface area contributed by atoms with Gasteiger partial charge in [-0.05, 0) is 26.7 Å². The molecule has 1 saturated carbocycles. The normalized spacial score (nSPS) is 23.9. The molecule has 0 radical (unpaired) electrons. The number of ketones is 1. The number of hydrogen-bond donors (Lipinski definition) is 1. The summed E-state index contributed by atoms with van der Waals surface area (Å²) in [6, 6.07) is 0. The lowest BCUT2D eigenvalue weighted by atomic mass is 9.88. The van der Waals surface area contributed by atoms with Gasteiger partial charge in [0.2, 0.25) is 0 Å². The minimum absolute atomic E-state index is 0.0151. The first-order chi connectivity index (χ1) is 8.23. The third kappa shape index (κ3) is 4.12. The van der Waals surface area contributed by atoms with E-state index in [1.165, 1.54) is 6.92 Å². The van der Waals surface area contributed by atoms with E-state index in [0.29, 0.717) is 12.8 Å². The highest BCUT2D eigenvalue weighted by molar-refractivity contribution is 8.14. The highest BCUT2D eigenvalue weighted by Crippen LogP contribution is 2.37. The van der Waals surface area contributed by atoms with Crippen molar-refractivity contribution in [1.82, 2.24) is 0 Å². The largest absolute Gasteiger partial charge is 0.481 e. The molecule has 0 saturated heterocycles. The monoisotopic (exact) mass is 272 g/mol. The predicted molar refractivity (Wildman–Crippen MR) is 70.4 cm³/mol. The fraction of sp³-hybridized carbons (Fsp3) is 0.769. The molecule has 1 fully saturated rings. The summed E-state index contributed by atoms with van der Waals surface area (Å²) in [4.78, 5) is 34.3. The molecule has 18 heavy (non-hydrogen) atoms. The molecule has 0 heterocycles. The highest BCUT2D eigenvalue weighted by Gasteiger charge is 2.39. The number of thioether (sulfide) groups is 1. The van der Waals surface area contributed by atoms with Gasteiger partial charge in [-0.1, -0.05) is 18.2 Å². The van der Waals surface area contributed by atoms with Gasteiger partial charge in [-0.2, -0.15) is 0 Å². The molecule has 0 bridgehead atoms. The van der Waals surface area contributed by atoms with Crippen LogP contribution in [0.25, 0.3) is 0 Å². The van der Waals surface area contributed by atoms with Crippen LogP contribution in [0.4, 0.5) is 0 Å². The van der Waals surface area contributed by atoms with Crippen molar-refractivity contribution in [3.63, 3.8) is 0 Å². The van der Waals surface area contributed by atoms with Crippen LogP contribution in [0.15, 0.2) is 0 Å². The van der Waals surface area contributed by atoms with E-state index in [1.54, 1.807) is 0 Å². The number of carboxylic acids is 1. The first-order valence-electron chi connectivity index (χ1n) is 6.18. The molecule has 1 aliphatic rings. The standard InChI is InChI=1S/C13H20O4S/c1-8(14)18-13(2,3)7-11(15)9-5-4-6-10(9)12(16)17/h9-10H,4-7H2,1-3H3,(H,16,17)/t9-,10+/m0/s1. The molecule has 1 rings (SSSR count). The number of hydrogen-bond acceptors (Lipinski definition) is 4. The van der Waals surface area contributed by atoms with Crippen molar-refractivity contribution in [3.8, 4) is 0 Å². The lowest BCUT2D eigenvalue weighted by Crippen LogP contribution is -2.30. The highest BCUT2D eigenvalue weighted by atomic mass is 32.2. The average molecular weight is 272 g/mol. The van der Waals surface area contributed by atoms with Gasteiger partial charge in [0.15, 0.2) is 5.12 Å². The maximum atomic E-state index is 12.2. The van der Waals surface area contributed by atoms with Crippen molar-refractivity contribution in [2.24, 2.45) is 11.8 Å². The number of aliphatic carboxylic acids is 1. The number of rotatable bonds is 5. The quantitative estimate of drug-likeness (QED) is 0.832. The summed E-state index contributed by atoms with van der Waals surface area (Å²) in [6.45, 7) is 5.18. The van der Waals surface area contributed by atoms with Crippen molar-refractivity contribution in [2.45, 2.75) is 51.2 Å². The minimum atomic E-state index is -0.872. The fourth-order valence-corrected chi connectivity index (χ4v) is 3.61. The van der Waals surface area contributed by atoms with E-state index in [1.807, 2.05) is 13.8 Å². The zero-order chi connectivity index (χ0) is 13.9. The lowest BCUT2D eigenvalue weighted by molar-refractivity contribution is -0.145. The van der Waals surface area contributed by atoms with Crippen LogP contribution in [0.1, 0.15) is 46.5 Å². The van der Waals surface area contributed by atoms with Gasteiger partial charge in [-0.3, -0.25) is 14.4 Å². The molecule has 0 aromatic heterocycles. The maximum absolute atomic E-state index is 12.2. The molecule has 4 nitrogen and oxygen atoms in total. The van der Waals surface area contributed by atoms with E-state index < -0.39 is 16.6 Å². The molecule has 2 atom stereocenters. The molecule has 0 spiro atoms. The molecule has 0 amide bonds. The van der Waals surface area contributed by atoms with Crippen molar-refractivity contribution in [1.29, 1.82) is 0 Å². The van der Waals surface area contributed by atoms with Crippen molar-refractivity contribution >= 4 is 28.6 Å². The SMILES string of the molecule is CC(=O)SC(C)(C)CC(=O)[C@H]1CCC[C@H]1C(=O)O. The third-order valence-electron chi connectivity index (χ3n) is 3.27. The second kappa shape index (κ2) is 5.87. The first-order valence-corrected chi connectivity index (χ1v) is 7.00. The van der Waals surface area contributed by atoms with Gasteiger partial charge in [0.25, 0.3) is 0 Å². The minimum Gasteiger partial charge on any atom is -0.481 e.